The van der Waals surface area contributed by atoms with Gasteiger partial charge < -0.3 is 0 Å². The number of thioether (sulfide) groups is 1. The second kappa shape index (κ2) is 7.63. The van der Waals surface area contributed by atoms with Gasteiger partial charge in [-0.2, -0.15) is 0 Å². The molecule has 0 spiro atoms. The van der Waals surface area contributed by atoms with Gasteiger partial charge in [0.2, 0.25) is 0 Å². The highest BCUT2D eigenvalue weighted by molar-refractivity contribution is 8.05. The predicted molar refractivity (Wildman–Crippen MR) is 115 cm³/mol. The van der Waals surface area contributed by atoms with Gasteiger partial charge in [0.15, 0.2) is 0 Å². The molecule has 0 saturated carbocycles. The van der Waals surface area contributed by atoms with Crippen LogP contribution in [0.1, 0.15) is 22.1 Å². The minimum absolute atomic E-state index is 0.0210. The van der Waals surface area contributed by atoms with Crippen molar-refractivity contribution >= 4 is 41.0 Å². The molecular weight excluding hydrogens is 374 g/mol. The molecule has 1 heterocycles. The van der Waals surface area contributed by atoms with Crippen LogP contribution >= 0.6 is 23.4 Å². The smallest absolute Gasteiger partial charge is 0.266 e. The molecule has 1 aliphatic heterocycles. The predicted octanol–water partition coefficient (Wildman–Crippen LogP) is 6.47. The number of amides is 1. The molecule has 2 nitrogen and oxygen atoms in total. The summed E-state index contributed by atoms with van der Waals surface area (Å²) in [6, 6.07) is 25.8. The fourth-order valence-electron chi connectivity index (χ4n) is 3.05. The van der Waals surface area contributed by atoms with E-state index in [1.54, 1.807) is 11.8 Å². The van der Waals surface area contributed by atoms with Gasteiger partial charge in [0.1, 0.15) is 5.37 Å². The summed E-state index contributed by atoms with van der Waals surface area (Å²) in [6.07, 6.45) is 1.94. The van der Waals surface area contributed by atoms with Crippen LogP contribution in [-0.4, -0.2) is 5.91 Å². The van der Waals surface area contributed by atoms with Crippen LogP contribution in [0, 0.1) is 6.92 Å². The summed E-state index contributed by atoms with van der Waals surface area (Å²) < 4.78 is 0. The molecule has 27 heavy (non-hydrogen) atoms. The van der Waals surface area contributed by atoms with E-state index in [-0.39, 0.29) is 11.3 Å². The van der Waals surface area contributed by atoms with Crippen LogP contribution in [0.3, 0.4) is 0 Å². The van der Waals surface area contributed by atoms with E-state index >= 15 is 0 Å². The summed E-state index contributed by atoms with van der Waals surface area (Å²) in [6.45, 7) is 2.05. The van der Waals surface area contributed by atoms with E-state index in [1.807, 2.05) is 84.6 Å². The summed E-state index contributed by atoms with van der Waals surface area (Å²) in [4.78, 5) is 15.9. The molecule has 1 atom stereocenters. The molecule has 1 amide bonds. The largest absolute Gasteiger partial charge is 0.291 e. The molecule has 1 fully saturated rings. The van der Waals surface area contributed by atoms with Gasteiger partial charge in [-0.15, -0.1) is 0 Å². The van der Waals surface area contributed by atoms with Crippen LogP contribution in [0.5, 0.6) is 0 Å². The van der Waals surface area contributed by atoms with Crippen molar-refractivity contribution in [1.82, 2.24) is 0 Å². The highest BCUT2D eigenvalue weighted by Crippen LogP contribution is 2.48. The van der Waals surface area contributed by atoms with Gasteiger partial charge in [-0.3, -0.25) is 9.69 Å². The maximum Gasteiger partial charge on any atom is 0.266 e. The zero-order valence-electron chi connectivity index (χ0n) is 14.8. The van der Waals surface area contributed by atoms with Crippen molar-refractivity contribution in [2.24, 2.45) is 0 Å². The van der Waals surface area contributed by atoms with Gasteiger partial charge in [-0.25, -0.2) is 0 Å². The summed E-state index contributed by atoms with van der Waals surface area (Å²) in [5.41, 5.74) is 4.15. The van der Waals surface area contributed by atoms with E-state index in [2.05, 4.69) is 12.1 Å². The number of halogens is 1. The summed E-state index contributed by atoms with van der Waals surface area (Å²) >= 11 is 7.56. The second-order valence-electron chi connectivity index (χ2n) is 6.45. The molecule has 0 radical (unpaired) electrons. The number of hydrogen-bond acceptors (Lipinski definition) is 2. The van der Waals surface area contributed by atoms with E-state index in [0.717, 1.165) is 21.7 Å². The zero-order valence-corrected chi connectivity index (χ0v) is 16.4. The highest BCUT2D eigenvalue weighted by atomic mass is 35.5. The Hall–Kier alpha value is -2.49. The molecule has 3 aromatic rings. The third kappa shape index (κ3) is 3.80. The minimum atomic E-state index is -0.0834. The molecule has 0 bridgehead atoms. The molecule has 4 rings (SSSR count). The molecule has 0 aromatic heterocycles. The van der Waals surface area contributed by atoms with Crippen molar-refractivity contribution in [3.8, 4) is 0 Å². The number of hydrogen-bond donors (Lipinski definition) is 0. The van der Waals surface area contributed by atoms with Crippen LogP contribution in [0.25, 0.3) is 6.08 Å². The number of anilines is 1. The molecule has 0 N–H and O–H groups in total. The topological polar surface area (TPSA) is 20.3 Å². The fraction of sp³-hybridized carbons (Fsp3) is 0.0870. The van der Waals surface area contributed by atoms with Gasteiger partial charge in [0.05, 0.1) is 4.91 Å². The van der Waals surface area contributed by atoms with Gasteiger partial charge in [-0.05, 0) is 48.4 Å². The Balaban J connectivity index is 1.75. The Kier molecular flexibility index (Phi) is 5.06. The maximum absolute atomic E-state index is 13.3. The number of carbonyl (C=O) groups excluding carboxylic acids is 1. The van der Waals surface area contributed by atoms with Crippen molar-refractivity contribution in [3.63, 3.8) is 0 Å². The normalized spacial score (nSPS) is 18.3. The van der Waals surface area contributed by atoms with Gasteiger partial charge in [0.25, 0.3) is 5.91 Å². The first-order valence-electron chi connectivity index (χ1n) is 8.71. The Labute approximate surface area is 168 Å². The zero-order chi connectivity index (χ0) is 18.8. The van der Waals surface area contributed by atoms with Crippen LogP contribution in [0.4, 0.5) is 5.69 Å². The van der Waals surface area contributed by atoms with E-state index in [9.17, 15) is 4.79 Å². The Bertz CT molecular complexity index is 981. The van der Waals surface area contributed by atoms with Crippen LogP contribution in [0.15, 0.2) is 83.8 Å². The Morgan fingerprint density at radius 1 is 0.926 bits per heavy atom. The second-order valence-corrected chi connectivity index (χ2v) is 8.01. The number of benzene rings is 3. The van der Waals surface area contributed by atoms with E-state index in [4.69, 9.17) is 11.6 Å². The van der Waals surface area contributed by atoms with E-state index in [0.29, 0.717) is 5.02 Å². The third-order valence-corrected chi connectivity index (χ3v) is 5.97. The molecule has 3 aromatic carbocycles. The molecule has 1 unspecified atom stereocenters. The lowest BCUT2D eigenvalue weighted by Gasteiger charge is -2.23. The third-order valence-electron chi connectivity index (χ3n) is 4.47. The van der Waals surface area contributed by atoms with Gasteiger partial charge >= 0.3 is 0 Å². The lowest BCUT2D eigenvalue weighted by atomic mass is 10.1. The molecule has 134 valence electrons. The first-order valence-corrected chi connectivity index (χ1v) is 9.97. The molecule has 1 aliphatic rings. The van der Waals surface area contributed by atoms with Gasteiger partial charge in [0, 0.05) is 10.7 Å². The number of nitrogens with zero attached hydrogens (tertiary/aromatic N) is 1. The standard InChI is InChI=1S/C23H18ClNOS/c1-16-7-13-20(14-8-16)25-22(26)21(15-17-9-11-19(24)12-10-17)27-23(25)18-5-3-2-4-6-18/h2-15,23H,1H3/b21-15-. The minimum Gasteiger partial charge on any atom is -0.291 e. The van der Waals surface area contributed by atoms with Crippen molar-refractivity contribution in [3.05, 3.63) is 105 Å². The van der Waals surface area contributed by atoms with Crippen molar-refractivity contribution in [2.75, 3.05) is 4.90 Å². The maximum atomic E-state index is 13.3. The number of carbonyl (C=O) groups is 1. The van der Waals surface area contributed by atoms with E-state index < -0.39 is 0 Å². The molecule has 1 saturated heterocycles. The van der Waals surface area contributed by atoms with Crippen molar-refractivity contribution < 1.29 is 4.79 Å². The average molecular weight is 392 g/mol. The first-order chi connectivity index (χ1) is 13.1. The number of aryl methyl sites for hydroxylation is 1. The summed E-state index contributed by atoms with van der Waals surface area (Å²) in [5.74, 6) is 0.0210. The van der Waals surface area contributed by atoms with Gasteiger partial charge in [-0.1, -0.05) is 83.5 Å². The quantitative estimate of drug-likeness (QED) is 0.477. The molecule has 0 aliphatic carbocycles. The lowest BCUT2D eigenvalue weighted by Crippen LogP contribution is -2.27. The summed E-state index contributed by atoms with van der Waals surface area (Å²) in [5, 5.41) is 0.603. The average Bonchev–Trinajstić information content (AvgIpc) is 3.01. The van der Waals surface area contributed by atoms with Crippen LogP contribution in [0.2, 0.25) is 5.02 Å². The first kappa shape index (κ1) is 17.9. The number of rotatable bonds is 3. The van der Waals surface area contributed by atoms with Crippen molar-refractivity contribution in [1.29, 1.82) is 0 Å². The Morgan fingerprint density at radius 2 is 1.59 bits per heavy atom. The van der Waals surface area contributed by atoms with E-state index in [1.165, 1.54) is 5.56 Å². The molecular formula is C23H18ClNOS. The summed E-state index contributed by atoms with van der Waals surface area (Å²) in [7, 11) is 0. The highest BCUT2D eigenvalue weighted by Gasteiger charge is 2.38. The SMILES string of the molecule is Cc1ccc(N2C(=O)/C(=C/c3ccc(Cl)cc3)SC2c2ccccc2)cc1. The van der Waals surface area contributed by atoms with Crippen LogP contribution in [-0.2, 0) is 4.79 Å². The van der Waals surface area contributed by atoms with Crippen molar-refractivity contribution in [2.45, 2.75) is 12.3 Å². The monoisotopic (exact) mass is 391 g/mol. The lowest BCUT2D eigenvalue weighted by molar-refractivity contribution is -0.114. The molecule has 4 heteroatoms. The van der Waals surface area contributed by atoms with Crippen LogP contribution < -0.4 is 4.90 Å². The Morgan fingerprint density at radius 3 is 2.26 bits per heavy atom. The fourth-order valence-corrected chi connectivity index (χ4v) is 4.43.